The smallest absolute Gasteiger partial charge is 0.200 e. The molecule has 0 saturated carbocycles. The van der Waals surface area contributed by atoms with E-state index in [1.807, 2.05) is 31.2 Å². The van der Waals surface area contributed by atoms with Crippen molar-refractivity contribution in [2.45, 2.75) is 18.7 Å². The fraction of sp³-hybridized carbons (Fsp3) is 0.133. The fourth-order valence-electron chi connectivity index (χ4n) is 1.65. The van der Waals surface area contributed by atoms with Crippen LogP contribution in [0.1, 0.15) is 18.1 Å². The van der Waals surface area contributed by atoms with Gasteiger partial charge in [0.05, 0.1) is 10.6 Å². The molecule has 0 unspecified atom stereocenters. The minimum absolute atomic E-state index is 0.118. The van der Waals surface area contributed by atoms with E-state index < -0.39 is 10.0 Å². The SMILES string of the molecule is C/C(=N/NS(=O)(=O)c1ccc(Cl)cc1)c1ccc(C)cc1. The van der Waals surface area contributed by atoms with Crippen molar-refractivity contribution in [1.29, 1.82) is 0 Å². The number of nitrogens with zero attached hydrogens (tertiary/aromatic N) is 1. The number of aryl methyl sites for hydroxylation is 1. The van der Waals surface area contributed by atoms with E-state index in [1.165, 1.54) is 24.3 Å². The number of hydrogen-bond donors (Lipinski definition) is 1. The lowest BCUT2D eigenvalue weighted by molar-refractivity contribution is 0.584. The molecule has 4 nitrogen and oxygen atoms in total. The van der Waals surface area contributed by atoms with Gasteiger partial charge in [-0.15, -0.1) is 0 Å². The Labute approximate surface area is 129 Å². The van der Waals surface area contributed by atoms with Gasteiger partial charge in [-0.2, -0.15) is 18.4 Å². The molecule has 2 aromatic carbocycles. The highest BCUT2D eigenvalue weighted by molar-refractivity contribution is 7.89. The van der Waals surface area contributed by atoms with Crippen LogP contribution in [0.25, 0.3) is 0 Å². The highest BCUT2D eigenvalue weighted by atomic mass is 35.5. The Kier molecular flexibility index (Phi) is 4.65. The molecule has 0 aromatic heterocycles. The van der Waals surface area contributed by atoms with Gasteiger partial charge in [-0.25, -0.2) is 0 Å². The third-order valence-electron chi connectivity index (χ3n) is 2.93. The first-order valence-electron chi connectivity index (χ1n) is 6.27. The van der Waals surface area contributed by atoms with Gasteiger partial charge in [0.25, 0.3) is 10.0 Å². The summed E-state index contributed by atoms with van der Waals surface area (Å²) in [5.74, 6) is 0. The van der Waals surface area contributed by atoms with Crippen LogP contribution in [0, 0.1) is 6.92 Å². The average molecular weight is 323 g/mol. The maximum Gasteiger partial charge on any atom is 0.276 e. The van der Waals surface area contributed by atoms with Crippen LogP contribution in [-0.4, -0.2) is 14.1 Å². The second kappa shape index (κ2) is 6.28. The zero-order valence-corrected chi connectivity index (χ0v) is 13.2. The van der Waals surface area contributed by atoms with E-state index in [2.05, 4.69) is 9.93 Å². The van der Waals surface area contributed by atoms with Gasteiger partial charge in [-0.05, 0) is 43.7 Å². The molecule has 2 rings (SSSR count). The average Bonchev–Trinajstić information content (AvgIpc) is 2.46. The Morgan fingerprint density at radius 3 is 2.19 bits per heavy atom. The van der Waals surface area contributed by atoms with Crippen LogP contribution in [0.4, 0.5) is 0 Å². The van der Waals surface area contributed by atoms with Crippen LogP contribution in [-0.2, 0) is 10.0 Å². The van der Waals surface area contributed by atoms with E-state index in [4.69, 9.17) is 11.6 Å². The summed E-state index contributed by atoms with van der Waals surface area (Å²) in [6, 6.07) is 13.6. The molecule has 0 spiro atoms. The molecular weight excluding hydrogens is 308 g/mol. The van der Waals surface area contributed by atoms with Crippen molar-refractivity contribution in [3.63, 3.8) is 0 Å². The summed E-state index contributed by atoms with van der Waals surface area (Å²) < 4.78 is 24.1. The highest BCUT2D eigenvalue weighted by Gasteiger charge is 2.12. The minimum atomic E-state index is -3.68. The first kappa shape index (κ1) is 15.5. The van der Waals surface area contributed by atoms with Crippen LogP contribution in [0.2, 0.25) is 5.02 Å². The van der Waals surface area contributed by atoms with Crippen LogP contribution < -0.4 is 4.83 Å². The van der Waals surface area contributed by atoms with Gasteiger partial charge in [0.1, 0.15) is 0 Å². The second-order valence-corrected chi connectivity index (χ2v) is 6.71. The van der Waals surface area contributed by atoms with Crippen molar-refractivity contribution in [3.05, 3.63) is 64.7 Å². The van der Waals surface area contributed by atoms with Gasteiger partial charge in [0.2, 0.25) is 0 Å². The number of rotatable bonds is 4. The molecule has 0 aliphatic rings. The molecule has 0 bridgehead atoms. The van der Waals surface area contributed by atoms with E-state index in [0.29, 0.717) is 10.7 Å². The highest BCUT2D eigenvalue weighted by Crippen LogP contribution is 2.14. The molecule has 1 N–H and O–H groups in total. The largest absolute Gasteiger partial charge is 0.276 e. The van der Waals surface area contributed by atoms with Gasteiger partial charge in [0, 0.05) is 5.02 Å². The van der Waals surface area contributed by atoms with Crippen molar-refractivity contribution in [2.75, 3.05) is 0 Å². The number of hydrogen-bond acceptors (Lipinski definition) is 3. The number of sulfonamides is 1. The standard InChI is InChI=1S/C15H15ClN2O2S/c1-11-3-5-13(6-4-11)12(2)17-18-21(19,20)15-9-7-14(16)8-10-15/h3-10,18H,1-2H3/b17-12-. The first-order chi connectivity index (χ1) is 9.88. The molecule has 0 aliphatic carbocycles. The van der Waals surface area contributed by atoms with Crippen molar-refractivity contribution in [1.82, 2.24) is 4.83 Å². The molecule has 21 heavy (non-hydrogen) atoms. The van der Waals surface area contributed by atoms with E-state index in [0.717, 1.165) is 11.1 Å². The third-order valence-corrected chi connectivity index (χ3v) is 4.40. The number of halogens is 1. The molecule has 0 amide bonds. The second-order valence-electron chi connectivity index (χ2n) is 4.61. The van der Waals surface area contributed by atoms with Gasteiger partial charge in [-0.1, -0.05) is 41.4 Å². The molecular formula is C15H15ClN2O2S. The molecule has 6 heteroatoms. The van der Waals surface area contributed by atoms with Crippen molar-refractivity contribution in [2.24, 2.45) is 5.10 Å². The summed E-state index contributed by atoms with van der Waals surface area (Å²) in [5.41, 5.74) is 2.58. The van der Waals surface area contributed by atoms with Crippen LogP contribution in [0.5, 0.6) is 0 Å². The number of hydrazone groups is 1. The summed E-state index contributed by atoms with van der Waals surface area (Å²) in [7, 11) is -3.68. The van der Waals surface area contributed by atoms with Crippen LogP contribution >= 0.6 is 11.6 Å². The van der Waals surface area contributed by atoms with Crippen LogP contribution in [0.15, 0.2) is 58.5 Å². The maximum absolute atomic E-state index is 12.1. The summed E-state index contributed by atoms with van der Waals surface area (Å²) in [6.07, 6.45) is 0. The lowest BCUT2D eigenvalue weighted by Gasteiger charge is -2.06. The monoisotopic (exact) mass is 322 g/mol. The Balaban J connectivity index is 2.18. The molecule has 0 fully saturated rings. The lowest BCUT2D eigenvalue weighted by Crippen LogP contribution is -2.19. The third kappa shape index (κ3) is 4.06. The molecule has 0 radical (unpaired) electrons. The summed E-state index contributed by atoms with van der Waals surface area (Å²) in [5, 5.41) is 4.42. The quantitative estimate of drug-likeness (QED) is 0.693. The van der Waals surface area contributed by atoms with Gasteiger partial charge in [0.15, 0.2) is 0 Å². The van der Waals surface area contributed by atoms with Crippen molar-refractivity contribution in [3.8, 4) is 0 Å². The Bertz CT molecular complexity index is 751. The predicted molar refractivity (Wildman–Crippen MR) is 85.2 cm³/mol. The molecule has 110 valence electrons. The zero-order chi connectivity index (χ0) is 15.5. The molecule has 0 heterocycles. The normalized spacial score (nSPS) is 12.2. The number of benzene rings is 2. The van der Waals surface area contributed by atoms with E-state index >= 15 is 0 Å². The minimum Gasteiger partial charge on any atom is -0.200 e. The van der Waals surface area contributed by atoms with E-state index in [-0.39, 0.29) is 4.90 Å². The molecule has 2 aromatic rings. The van der Waals surface area contributed by atoms with E-state index in [1.54, 1.807) is 6.92 Å². The summed E-state index contributed by atoms with van der Waals surface area (Å²) in [4.78, 5) is 2.34. The molecule has 0 aliphatic heterocycles. The Morgan fingerprint density at radius 2 is 1.62 bits per heavy atom. The zero-order valence-electron chi connectivity index (χ0n) is 11.7. The van der Waals surface area contributed by atoms with Crippen LogP contribution in [0.3, 0.4) is 0 Å². The van der Waals surface area contributed by atoms with Gasteiger partial charge < -0.3 is 0 Å². The molecule has 0 saturated heterocycles. The summed E-state index contributed by atoms with van der Waals surface area (Å²) in [6.45, 7) is 3.73. The fourth-order valence-corrected chi connectivity index (χ4v) is 2.64. The van der Waals surface area contributed by atoms with Crippen molar-refractivity contribution < 1.29 is 8.42 Å². The van der Waals surface area contributed by atoms with E-state index in [9.17, 15) is 8.42 Å². The van der Waals surface area contributed by atoms with Crippen molar-refractivity contribution >= 4 is 27.3 Å². The maximum atomic E-state index is 12.1. The number of nitrogens with one attached hydrogen (secondary N) is 1. The van der Waals surface area contributed by atoms with Gasteiger partial charge in [-0.3, -0.25) is 0 Å². The Hall–Kier alpha value is -1.85. The molecule has 0 atom stereocenters. The lowest BCUT2D eigenvalue weighted by atomic mass is 10.1. The Morgan fingerprint density at radius 1 is 1.05 bits per heavy atom. The first-order valence-corrected chi connectivity index (χ1v) is 8.13. The predicted octanol–water partition coefficient (Wildman–Crippen LogP) is 3.35. The van der Waals surface area contributed by atoms with Gasteiger partial charge >= 0.3 is 0 Å². The summed E-state index contributed by atoms with van der Waals surface area (Å²) >= 11 is 5.74. The topological polar surface area (TPSA) is 58.5 Å².